The lowest BCUT2D eigenvalue weighted by atomic mass is 9.71. The minimum Gasteiger partial charge on any atom is -0.512 e. The van der Waals surface area contributed by atoms with Crippen LogP contribution in [0, 0.1) is 11.8 Å². The maximum Gasteiger partial charge on any atom is 0.334 e. The maximum absolute atomic E-state index is 11.7. The number of rotatable bonds is 2. The van der Waals surface area contributed by atoms with Crippen LogP contribution in [0.15, 0.2) is 11.8 Å². The number of carbonyl (C=O) groups is 1. The van der Waals surface area contributed by atoms with E-state index in [1.165, 1.54) is 31.8 Å². The smallest absolute Gasteiger partial charge is 0.334 e. The summed E-state index contributed by atoms with van der Waals surface area (Å²) in [5.74, 6) is 0.809. The van der Waals surface area contributed by atoms with Crippen LogP contribution >= 0.6 is 0 Å². The Morgan fingerprint density at radius 1 is 1.06 bits per heavy atom. The van der Waals surface area contributed by atoms with Crippen LogP contribution in [0.1, 0.15) is 57.8 Å². The standard InChI is InChI=1S/C15H22O3/c16-13-9-14(17)18-15(10-13,11-5-1-2-6-11)12-7-3-4-8-12/h9,11-12,16H,1-8,10H2. The van der Waals surface area contributed by atoms with Gasteiger partial charge in [0.05, 0.1) is 6.08 Å². The molecule has 1 N–H and O–H groups in total. The first-order chi connectivity index (χ1) is 8.71. The van der Waals surface area contributed by atoms with Crippen molar-refractivity contribution in [2.45, 2.75) is 63.4 Å². The molecule has 1 aliphatic heterocycles. The molecular weight excluding hydrogens is 228 g/mol. The van der Waals surface area contributed by atoms with Crippen molar-refractivity contribution < 1.29 is 14.6 Å². The number of hydrogen-bond acceptors (Lipinski definition) is 3. The molecule has 1 heterocycles. The lowest BCUT2D eigenvalue weighted by Crippen LogP contribution is -2.49. The zero-order valence-corrected chi connectivity index (χ0v) is 10.9. The van der Waals surface area contributed by atoms with Crippen molar-refractivity contribution in [2.24, 2.45) is 11.8 Å². The molecule has 3 heteroatoms. The average Bonchev–Trinajstić information content (AvgIpc) is 3.02. The minimum atomic E-state index is -0.386. The molecule has 3 nitrogen and oxygen atoms in total. The topological polar surface area (TPSA) is 46.5 Å². The van der Waals surface area contributed by atoms with Crippen LogP contribution < -0.4 is 0 Å². The molecule has 0 saturated heterocycles. The van der Waals surface area contributed by atoms with E-state index in [1.807, 2.05) is 0 Å². The van der Waals surface area contributed by atoms with E-state index in [0.717, 1.165) is 25.7 Å². The minimum absolute atomic E-state index is 0.227. The fraction of sp³-hybridized carbons (Fsp3) is 0.800. The van der Waals surface area contributed by atoms with E-state index < -0.39 is 0 Å². The normalized spacial score (nSPS) is 29.3. The Balaban J connectivity index is 1.92. The summed E-state index contributed by atoms with van der Waals surface area (Å²) in [7, 11) is 0. The van der Waals surface area contributed by atoms with Crippen LogP contribution in [0.3, 0.4) is 0 Å². The lowest BCUT2D eigenvalue weighted by molar-refractivity contribution is -0.174. The number of carbonyl (C=O) groups excluding carboxylic acids is 1. The molecule has 2 fully saturated rings. The van der Waals surface area contributed by atoms with Crippen LogP contribution in [0.5, 0.6) is 0 Å². The number of ether oxygens (including phenoxy) is 1. The highest BCUT2D eigenvalue weighted by molar-refractivity contribution is 5.83. The van der Waals surface area contributed by atoms with E-state index in [9.17, 15) is 9.90 Å². The second-order valence-corrected chi connectivity index (χ2v) is 6.15. The van der Waals surface area contributed by atoms with Crippen molar-refractivity contribution >= 4 is 5.97 Å². The van der Waals surface area contributed by atoms with Crippen molar-refractivity contribution in [3.8, 4) is 0 Å². The summed E-state index contributed by atoms with van der Waals surface area (Å²) in [6.07, 6.45) is 11.4. The van der Waals surface area contributed by atoms with Crippen molar-refractivity contribution in [3.63, 3.8) is 0 Å². The first kappa shape index (κ1) is 12.1. The Bertz CT molecular complexity index is 344. The molecule has 3 aliphatic rings. The molecule has 100 valence electrons. The molecule has 0 bridgehead atoms. The van der Waals surface area contributed by atoms with Gasteiger partial charge in [0.25, 0.3) is 0 Å². The first-order valence-corrected chi connectivity index (χ1v) is 7.33. The van der Waals surface area contributed by atoms with Gasteiger partial charge in [-0.3, -0.25) is 0 Å². The summed E-state index contributed by atoms with van der Waals surface area (Å²) in [5.41, 5.74) is -0.386. The van der Waals surface area contributed by atoms with Gasteiger partial charge in [-0.1, -0.05) is 25.7 Å². The van der Waals surface area contributed by atoms with Gasteiger partial charge in [0.15, 0.2) is 0 Å². The third-order valence-corrected chi connectivity index (χ3v) is 5.12. The Kier molecular flexibility index (Phi) is 3.08. The summed E-state index contributed by atoms with van der Waals surface area (Å²) in [6, 6.07) is 0. The van der Waals surface area contributed by atoms with Crippen LogP contribution in [-0.2, 0) is 9.53 Å². The van der Waals surface area contributed by atoms with Crippen molar-refractivity contribution in [1.29, 1.82) is 0 Å². The number of aliphatic hydroxyl groups is 1. The fourth-order valence-corrected chi connectivity index (χ4v) is 4.34. The van der Waals surface area contributed by atoms with Gasteiger partial charge in [0.2, 0.25) is 0 Å². The van der Waals surface area contributed by atoms with Crippen molar-refractivity contribution in [3.05, 3.63) is 11.8 Å². The molecule has 0 aromatic carbocycles. The summed E-state index contributed by atoms with van der Waals surface area (Å²) < 4.78 is 5.84. The molecule has 0 atom stereocenters. The largest absolute Gasteiger partial charge is 0.512 e. The highest BCUT2D eigenvalue weighted by Gasteiger charge is 2.51. The van der Waals surface area contributed by atoms with Gasteiger partial charge in [-0.2, -0.15) is 0 Å². The fourth-order valence-electron chi connectivity index (χ4n) is 4.34. The molecule has 0 aromatic heterocycles. The van der Waals surface area contributed by atoms with E-state index >= 15 is 0 Å². The maximum atomic E-state index is 11.7. The van der Waals surface area contributed by atoms with Crippen molar-refractivity contribution in [2.75, 3.05) is 0 Å². The van der Waals surface area contributed by atoms with Gasteiger partial charge in [0.1, 0.15) is 11.4 Å². The number of esters is 1. The Hall–Kier alpha value is -0.990. The van der Waals surface area contributed by atoms with E-state index in [0.29, 0.717) is 18.3 Å². The molecular formula is C15H22O3. The van der Waals surface area contributed by atoms with E-state index in [1.54, 1.807) is 0 Å². The van der Waals surface area contributed by atoms with Gasteiger partial charge < -0.3 is 9.84 Å². The molecule has 0 radical (unpaired) electrons. The molecule has 18 heavy (non-hydrogen) atoms. The second-order valence-electron chi connectivity index (χ2n) is 6.15. The summed E-state index contributed by atoms with van der Waals surface area (Å²) in [5, 5.41) is 9.90. The number of cyclic esters (lactones) is 1. The van der Waals surface area contributed by atoms with Gasteiger partial charge in [-0.05, 0) is 37.5 Å². The number of hydrogen-bond donors (Lipinski definition) is 1. The summed E-state index contributed by atoms with van der Waals surface area (Å²) >= 11 is 0. The van der Waals surface area contributed by atoms with Crippen LogP contribution in [-0.4, -0.2) is 16.7 Å². The average molecular weight is 250 g/mol. The third kappa shape index (κ3) is 1.94. The van der Waals surface area contributed by atoms with Gasteiger partial charge in [-0.25, -0.2) is 4.79 Å². The Labute approximate surface area is 108 Å². The second kappa shape index (κ2) is 4.60. The molecule has 0 aromatic rings. The highest BCUT2D eigenvalue weighted by Crippen LogP contribution is 2.50. The van der Waals surface area contributed by atoms with E-state index in [4.69, 9.17) is 4.74 Å². The lowest BCUT2D eigenvalue weighted by Gasteiger charge is -2.44. The summed E-state index contributed by atoms with van der Waals surface area (Å²) in [6.45, 7) is 0. The van der Waals surface area contributed by atoms with Crippen LogP contribution in [0.25, 0.3) is 0 Å². The number of aliphatic hydroxyl groups excluding tert-OH is 1. The van der Waals surface area contributed by atoms with Crippen molar-refractivity contribution in [1.82, 2.24) is 0 Å². The highest BCUT2D eigenvalue weighted by atomic mass is 16.6. The molecule has 0 unspecified atom stereocenters. The Morgan fingerprint density at radius 3 is 2.00 bits per heavy atom. The zero-order valence-electron chi connectivity index (χ0n) is 10.9. The van der Waals surface area contributed by atoms with E-state index in [2.05, 4.69) is 0 Å². The quantitative estimate of drug-likeness (QED) is 0.763. The van der Waals surface area contributed by atoms with Gasteiger partial charge >= 0.3 is 5.97 Å². The summed E-state index contributed by atoms with van der Waals surface area (Å²) in [4.78, 5) is 11.7. The monoisotopic (exact) mass is 250 g/mol. The molecule has 0 amide bonds. The molecule has 3 rings (SSSR count). The predicted octanol–water partition coefficient (Wildman–Crippen LogP) is 3.49. The third-order valence-electron chi connectivity index (χ3n) is 5.12. The molecule has 2 saturated carbocycles. The SMILES string of the molecule is O=C1C=C(O)CC(C2CCCC2)(C2CCCC2)O1. The first-order valence-electron chi connectivity index (χ1n) is 7.33. The molecule has 2 aliphatic carbocycles. The van der Waals surface area contributed by atoms with E-state index in [-0.39, 0.29) is 17.3 Å². The predicted molar refractivity (Wildman–Crippen MR) is 68.1 cm³/mol. The Morgan fingerprint density at radius 2 is 1.56 bits per heavy atom. The van der Waals surface area contributed by atoms with Crippen LogP contribution in [0.4, 0.5) is 0 Å². The van der Waals surface area contributed by atoms with Gasteiger partial charge in [-0.15, -0.1) is 0 Å². The molecule has 0 spiro atoms. The zero-order chi connectivity index (χ0) is 12.6. The van der Waals surface area contributed by atoms with Crippen LogP contribution in [0.2, 0.25) is 0 Å². The van der Waals surface area contributed by atoms with Gasteiger partial charge in [0, 0.05) is 6.42 Å².